The molecule has 3 rings (SSSR count). The zero-order valence-corrected chi connectivity index (χ0v) is 25.7. The van der Waals surface area contributed by atoms with Crippen LogP contribution in [0.1, 0.15) is 38.7 Å². The van der Waals surface area contributed by atoms with Gasteiger partial charge < -0.3 is 15.0 Å². The number of carbonyl (C=O) groups excluding carboxylic acids is 2. The van der Waals surface area contributed by atoms with Crippen LogP contribution in [0.3, 0.4) is 0 Å². The van der Waals surface area contributed by atoms with Gasteiger partial charge in [-0.05, 0) is 60.9 Å². The number of benzene rings is 3. The number of ether oxygens (including phenoxy) is 1. The first-order chi connectivity index (χ1) is 19.6. The van der Waals surface area contributed by atoms with Crippen LogP contribution in [0, 0.1) is 0 Å². The highest BCUT2D eigenvalue weighted by Crippen LogP contribution is 2.32. The Kier molecular flexibility index (Phi) is 11.9. The summed E-state index contributed by atoms with van der Waals surface area (Å²) in [6.07, 6.45) is 2.03. The average molecular weight is 621 g/mol. The number of rotatable bonds is 14. The van der Waals surface area contributed by atoms with Crippen LogP contribution in [0.25, 0.3) is 0 Å². The third kappa shape index (κ3) is 8.38. The molecule has 3 aromatic carbocycles. The van der Waals surface area contributed by atoms with Crippen molar-refractivity contribution >= 4 is 50.7 Å². The summed E-state index contributed by atoms with van der Waals surface area (Å²) in [6.45, 7) is 3.83. The van der Waals surface area contributed by atoms with Gasteiger partial charge in [0.25, 0.3) is 10.0 Å². The number of halogens is 2. The second-order valence-corrected chi connectivity index (χ2v) is 12.1. The highest BCUT2D eigenvalue weighted by molar-refractivity contribution is 7.92. The SMILES string of the molecule is CCCCNC(=O)[C@H](CC)N(Cc1ccc(Cl)cc1)C(=O)CN(c1ccc(OC)c(Cl)c1)S(=O)(=O)c1ccccc1. The summed E-state index contributed by atoms with van der Waals surface area (Å²) in [4.78, 5) is 28.7. The van der Waals surface area contributed by atoms with Gasteiger partial charge in [0.1, 0.15) is 18.3 Å². The van der Waals surface area contributed by atoms with E-state index in [2.05, 4.69) is 5.32 Å². The Balaban J connectivity index is 2.05. The lowest BCUT2D eigenvalue weighted by Crippen LogP contribution is -2.52. The molecule has 0 aliphatic heterocycles. The van der Waals surface area contributed by atoms with Crippen LogP contribution in [0.2, 0.25) is 10.0 Å². The summed E-state index contributed by atoms with van der Waals surface area (Å²) in [5.74, 6) is -0.491. The van der Waals surface area contributed by atoms with E-state index in [0.717, 1.165) is 22.7 Å². The zero-order valence-electron chi connectivity index (χ0n) is 23.3. The number of nitrogens with one attached hydrogen (secondary N) is 1. The molecule has 0 spiro atoms. The van der Waals surface area contributed by atoms with E-state index in [4.69, 9.17) is 27.9 Å². The third-order valence-electron chi connectivity index (χ3n) is 6.52. The second-order valence-electron chi connectivity index (χ2n) is 9.36. The molecule has 1 N–H and O–H groups in total. The van der Waals surface area contributed by atoms with Crippen LogP contribution in [0.4, 0.5) is 5.69 Å². The van der Waals surface area contributed by atoms with Gasteiger partial charge in [0.2, 0.25) is 11.8 Å². The molecule has 0 radical (unpaired) electrons. The molecule has 0 saturated heterocycles. The van der Waals surface area contributed by atoms with Crippen molar-refractivity contribution in [3.05, 3.63) is 88.4 Å². The lowest BCUT2D eigenvalue weighted by atomic mass is 10.1. The van der Waals surface area contributed by atoms with Gasteiger partial charge in [-0.1, -0.05) is 73.8 Å². The van der Waals surface area contributed by atoms with E-state index in [1.165, 1.54) is 42.3 Å². The van der Waals surface area contributed by atoms with E-state index >= 15 is 0 Å². The fraction of sp³-hybridized carbons (Fsp3) is 0.333. The Morgan fingerprint density at radius 2 is 1.66 bits per heavy atom. The molecule has 0 aromatic heterocycles. The van der Waals surface area contributed by atoms with Gasteiger partial charge in [0, 0.05) is 18.1 Å². The van der Waals surface area contributed by atoms with E-state index < -0.39 is 28.5 Å². The number of methoxy groups -OCH3 is 1. The Morgan fingerprint density at radius 1 is 0.976 bits per heavy atom. The van der Waals surface area contributed by atoms with Crippen molar-refractivity contribution in [1.29, 1.82) is 0 Å². The first-order valence-corrected chi connectivity index (χ1v) is 15.5. The first-order valence-electron chi connectivity index (χ1n) is 13.3. The molecule has 220 valence electrons. The van der Waals surface area contributed by atoms with E-state index in [0.29, 0.717) is 23.7 Å². The van der Waals surface area contributed by atoms with Crippen molar-refractivity contribution in [2.45, 2.75) is 50.6 Å². The number of sulfonamides is 1. The smallest absolute Gasteiger partial charge is 0.264 e. The number of hydrogen-bond acceptors (Lipinski definition) is 5. The molecule has 41 heavy (non-hydrogen) atoms. The molecule has 0 heterocycles. The van der Waals surface area contributed by atoms with Gasteiger partial charge in [-0.3, -0.25) is 13.9 Å². The molecule has 0 aliphatic rings. The molecule has 1 atom stereocenters. The normalized spacial score (nSPS) is 11.9. The monoisotopic (exact) mass is 619 g/mol. The standard InChI is InChI=1S/C30H35Cl2N3O5S/c1-4-6-18-33-30(37)27(5-2)34(20-22-12-14-23(31)15-13-22)29(36)21-35(24-16-17-28(40-3)26(32)19-24)41(38,39)25-10-8-7-9-11-25/h7-17,19,27H,4-6,18,20-21H2,1-3H3,(H,33,37)/t27-/m0/s1. The molecule has 0 bridgehead atoms. The van der Waals surface area contributed by atoms with Gasteiger partial charge in [-0.2, -0.15) is 0 Å². The molecule has 11 heteroatoms. The van der Waals surface area contributed by atoms with Crippen molar-refractivity contribution in [3.63, 3.8) is 0 Å². The topological polar surface area (TPSA) is 96.0 Å². The predicted molar refractivity (Wildman–Crippen MR) is 163 cm³/mol. The van der Waals surface area contributed by atoms with Crippen molar-refractivity contribution in [3.8, 4) is 5.75 Å². The lowest BCUT2D eigenvalue weighted by molar-refractivity contribution is -0.140. The number of amides is 2. The first kappa shape index (κ1) is 32.2. The third-order valence-corrected chi connectivity index (χ3v) is 8.85. The molecule has 0 fully saturated rings. The van der Waals surface area contributed by atoms with Gasteiger partial charge in [0.05, 0.1) is 22.7 Å². The zero-order chi connectivity index (χ0) is 30.0. The molecule has 8 nitrogen and oxygen atoms in total. The molecule has 3 aromatic rings. The molecule has 0 unspecified atom stereocenters. The van der Waals surface area contributed by atoms with Gasteiger partial charge >= 0.3 is 0 Å². The fourth-order valence-corrected chi connectivity index (χ4v) is 6.08. The van der Waals surface area contributed by atoms with Gasteiger partial charge in [-0.15, -0.1) is 0 Å². The summed E-state index contributed by atoms with van der Waals surface area (Å²) >= 11 is 12.4. The molecule has 0 saturated carbocycles. The summed E-state index contributed by atoms with van der Waals surface area (Å²) < 4.78 is 34.0. The largest absolute Gasteiger partial charge is 0.495 e. The summed E-state index contributed by atoms with van der Waals surface area (Å²) in [5.41, 5.74) is 0.924. The minimum Gasteiger partial charge on any atom is -0.495 e. The van der Waals surface area contributed by atoms with Gasteiger partial charge in [-0.25, -0.2) is 8.42 Å². The van der Waals surface area contributed by atoms with Crippen molar-refractivity contribution < 1.29 is 22.7 Å². The molecule has 0 aliphatic carbocycles. The summed E-state index contributed by atoms with van der Waals surface area (Å²) in [7, 11) is -2.75. The lowest BCUT2D eigenvalue weighted by Gasteiger charge is -2.33. The van der Waals surface area contributed by atoms with Crippen molar-refractivity contribution in [2.24, 2.45) is 0 Å². The maximum atomic E-state index is 14.1. The van der Waals surface area contributed by atoms with Gasteiger partial charge in [0.15, 0.2) is 0 Å². The van der Waals surface area contributed by atoms with E-state index in [-0.39, 0.29) is 28.1 Å². The molecular formula is C30H35Cl2N3O5S. The number of nitrogens with zero attached hydrogens (tertiary/aromatic N) is 2. The highest BCUT2D eigenvalue weighted by Gasteiger charge is 2.33. The van der Waals surface area contributed by atoms with E-state index in [9.17, 15) is 18.0 Å². The Bertz CT molecular complexity index is 1420. The van der Waals surface area contributed by atoms with Crippen molar-refractivity contribution in [2.75, 3.05) is 24.5 Å². The quantitative estimate of drug-likeness (QED) is 0.226. The maximum absolute atomic E-state index is 14.1. The Morgan fingerprint density at radius 3 is 2.24 bits per heavy atom. The van der Waals surface area contributed by atoms with Crippen molar-refractivity contribution in [1.82, 2.24) is 10.2 Å². The number of unbranched alkanes of at least 4 members (excludes halogenated alkanes) is 1. The Hall–Kier alpha value is -3.27. The van der Waals surface area contributed by atoms with E-state index in [1.807, 2.05) is 13.8 Å². The minimum absolute atomic E-state index is 0.00772. The highest BCUT2D eigenvalue weighted by atomic mass is 35.5. The average Bonchev–Trinajstić information content (AvgIpc) is 2.97. The number of hydrogen-bond donors (Lipinski definition) is 1. The molecular weight excluding hydrogens is 585 g/mol. The number of carbonyl (C=O) groups is 2. The second kappa shape index (κ2) is 15.1. The summed E-state index contributed by atoms with van der Waals surface area (Å²) in [5, 5.41) is 3.63. The minimum atomic E-state index is -4.20. The van der Waals surface area contributed by atoms with E-state index in [1.54, 1.807) is 42.5 Å². The van der Waals surface area contributed by atoms with Crippen LogP contribution in [0.5, 0.6) is 5.75 Å². The van der Waals surface area contributed by atoms with Crippen LogP contribution in [-0.4, -0.2) is 51.4 Å². The molecule has 2 amide bonds. The Labute approximate surface area is 252 Å². The fourth-order valence-electron chi connectivity index (χ4n) is 4.27. The van der Waals surface area contributed by atoms with Crippen LogP contribution >= 0.6 is 23.2 Å². The maximum Gasteiger partial charge on any atom is 0.264 e. The summed E-state index contributed by atoms with van der Waals surface area (Å²) in [6, 6.07) is 18.5. The van der Waals surface area contributed by atoms with Crippen LogP contribution in [0.15, 0.2) is 77.7 Å². The van der Waals surface area contributed by atoms with Crippen LogP contribution in [-0.2, 0) is 26.2 Å². The van der Waals surface area contributed by atoms with Crippen LogP contribution < -0.4 is 14.4 Å². The number of anilines is 1. The predicted octanol–water partition coefficient (Wildman–Crippen LogP) is 5.92.